The summed E-state index contributed by atoms with van der Waals surface area (Å²) >= 11 is 0. The van der Waals surface area contributed by atoms with Crippen molar-refractivity contribution in [3.05, 3.63) is 69.6 Å². The lowest BCUT2D eigenvalue weighted by Crippen LogP contribution is -2.44. The minimum absolute atomic E-state index is 0.0394. The average Bonchev–Trinajstić information content (AvgIpc) is 3.24. The number of rotatable bonds is 7. The van der Waals surface area contributed by atoms with Crippen molar-refractivity contribution in [1.29, 1.82) is 0 Å². The van der Waals surface area contributed by atoms with E-state index in [0.29, 0.717) is 30.8 Å². The maximum Gasteiger partial charge on any atom is 0.248 e. The van der Waals surface area contributed by atoms with Gasteiger partial charge in [0.05, 0.1) is 18.7 Å². The first-order valence-electron chi connectivity index (χ1n) is 12.7. The van der Waals surface area contributed by atoms with E-state index in [2.05, 4.69) is 22.6 Å². The zero-order valence-corrected chi connectivity index (χ0v) is 23.6. The van der Waals surface area contributed by atoms with Crippen molar-refractivity contribution >= 4 is 33.8 Å². The molecule has 1 aliphatic rings. The number of anilines is 1. The molecule has 0 saturated carbocycles. The average molecular weight is 538 g/mol. The maximum absolute atomic E-state index is 13.8. The summed E-state index contributed by atoms with van der Waals surface area (Å²) in [6, 6.07) is 9.71. The highest BCUT2D eigenvalue weighted by atomic mass is 32.2. The van der Waals surface area contributed by atoms with Gasteiger partial charge in [-0.25, -0.2) is 8.42 Å². The molecule has 2 aromatic carbocycles. The van der Waals surface area contributed by atoms with Gasteiger partial charge in [-0.2, -0.15) is 4.31 Å². The fraction of sp³-hybridized carbons (Fsp3) is 0.379. The van der Waals surface area contributed by atoms with E-state index in [0.717, 1.165) is 22.3 Å². The molecule has 9 heteroatoms. The zero-order chi connectivity index (χ0) is 27.6. The number of aryl methyl sites for hydroxylation is 5. The quantitative estimate of drug-likeness (QED) is 0.431. The molecule has 4 rings (SSSR count). The minimum atomic E-state index is -3.95. The van der Waals surface area contributed by atoms with E-state index in [-0.39, 0.29) is 28.8 Å². The summed E-state index contributed by atoms with van der Waals surface area (Å²) in [4.78, 5) is 13.2. The fourth-order valence-electron chi connectivity index (χ4n) is 5.07. The van der Waals surface area contributed by atoms with Crippen LogP contribution in [-0.4, -0.2) is 44.0 Å². The van der Waals surface area contributed by atoms with Crippen LogP contribution in [0.1, 0.15) is 52.1 Å². The molecule has 1 N–H and O–H groups in total. The van der Waals surface area contributed by atoms with Gasteiger partial charge in [0.25, 0.3) is 0 Å². The SMILES string of the molecule is COc1ccc(C)cc1NC(=O)C1CCCN(S(=O)(=O)c2c(C)noc2/C=C/c2c(C)cc(C)cc2C)C1. The highest BCUT2D eigenvalue weighted by molar-refractivity contribution is 7.89. The smallest absolute Gasteiger partial charge is 0.248 e. The number of ether oxygens (including phenoxy) is 1. The molecular formula is C29H35N3O5S. The summed E-state index contributed by atoms with van der Waals surface area (Å²) in [5.41, 5.74) is 6.20. The Balaban J connectivity index is 1.57. The molecule has 1 amide bonds. The first kappa shape index (κ1) is 27.6. The second-order valence-electron chi connectivity index (χ2n) is 10.0. The number of carbonyl (C=O) groups is 1. The van der Waals surface area contributed by atoms with Crippen molar-refractivity contribution in [2.24, 2.45) is 5.92 Å². The molecule has 2 heterocycles. The van der Waals surface area contributed by atoms with Crippen LogP contribution >= 0.6 is 0 Å². The Morgan fingerprint density at radius 3 is 2.47 bits per heavy atom. The number of nitrogens with one attached hydrogen (secondary N) is 1. The van der Waals surface area contributed by atoms with Crippen molar-refractivity contribution in [2.45, 2.75) is 52.4 Å². The van der Waals surface area contributed by atoms with Crippen LogP contribution < -0.4 is 10.1 Å². The summed E-state index contributed by atoms with van der Waals surface area (Å²) in [6.07, 6.45) is 4.69. The molecule has 1 atom stereocenters. The Morgan fingerprint density at radius 2 is 1.79 bits per heavy atom. The van der Waals surface area contributed by atoms with Gasteiger partial charge < -0.3 is 14.6 Å². The van der Waals surface area contributed by atoms with Crippen LogP contribution in [-0.2, 0) is 14.8 Å². The summed E-state index contributed by atoms with van der Waals surface area (Å²) in [7, 11) is -2.40. The van der Waals surface area contributed by atoms with Gasteiger partial charge in [-0.15, -0.1) is 0 Å². The summed E-state index contributed by atoms with van der Waals surface area (Å²) in [5.74, 6) is -0.000185. The second-order valence-corrected chi connectivity index (χ2v) is 11.9. The van der Waals surface area contributed by atoms with Gasteiger partial charge in [0.2, 0.25) is 15.9 Å². The van der Waals surface area contributed by atoms with Crippen LogP contribution in [0.4, 0.5) is 5.69 Å². The number of amides is 1. The number of hydrogen-bond donors (Lipinski definition) is 1. The van der Waals surface area contributed by atoms with Crippen LogP contribution in [0.3, 0.4) is 0 Å². The lowest BCUT2D eigenvalue weighted by Gasteiger charge is -2.31. The van der Waals surface area contributed by atoms with Crippen molar-refractivity contribution in [3.8, 4) is 5.75 Å². The molecular weight excluding hydrogens is 502 g/mol. The largest absolute Gasteiger partial charge is 0.495 e. The lowest BCUT2D eigenvalue weighted by molar-refractivity contribution is -0.120. The molecule has 0 aliphatic carbocycles. The molecule has 8 nitrogen and oxygen atoms in total. The Hall–Kier alpha value is -3.43. The van der Waals surface area contributed by atoms with Gasteiger partial charge in [-0.05, 0) is 87.9 Å². The van der Waals surface area contributed by atoms with Crippen molar-refractivity contribution in [3.63, 3.8) is 0 Å². The van der Waals surface area contributed by atoms with E-state index < -0.39 is 15.9 Å². The number of aromatic nitrogens is 1. The standard InChI is InChI=1S/C29H35N3O5S/c1-18-9-11-26(36-6)25(16-18)30-29(33)23-8-7-13-32(17-23)38(34,35)28-22(5)31-37-27(28)12-10-24-20(3)14-19(2)15-21(24)4/h9-12,14-16,23H,7-8,13,17H2,1-6H3,(H,30,33)/b12-10+. The third-order valence-electron chi connectivity index (χ3n) is 6.94. The third-order valence-corrected chi connectivity index (χ3v) is 8.96. The van der Waals surface area contributed by atoms with Crippen LogP contribution in [0.15, 0.2) is 39.8 Å². The molecule has 1 fully saturated rings. The molecule has 0 bridgehead atoms. The number of sulfonamides is 1. The van der Waals surface area contributed by atoms with Crippen molar-refractivity contribution in [2.75, 3.05) is 25.5 Å². The van der Waals surface area contributed by atoms with Crippen LogP contribution in [0.2, 0.25) is 0 Å². The number of hydrogen-bond acceptors (Lipinski definition) is 6. The molecule has 1 unspecified atom stereocenters. The molecule has 1 aliphatic heterocycles. The topological polar surface area (TPSA) is 102 Å². The summed E-state index contributed by atoms with van der Waals surface area (Å²) in [6.45, 7) is 10.0. The van der Waals surface area contributed by atoms with Crippen LogP contribution in [0, 0.1) is 40.5 Å². The monoisotopic (exact) mass is 537 g/mol. The highest BCUT2D eigenvalue weighted by Crippen LogP contribution is 2.31. The number of methoxy groups -OCH3 is 1. The lowest BCUT2D eigenvalue weighted by atomic mass is 9.98. The van der Waals surface area contributed by atoms with E-state index >= 15 is 0 Å². The number of carbonyl (C=O) groups excluding carboxylic acids is 1. The van der Waals surface area contributed by atoms with Crippen molar-refractivity contribution < 1.29 is 22.5 Å². The predicted octanol–water partition coefficient (Wildman–Crippen LogP) is 5.44. The third kappa shape index (κ3) is 5.68. The van der Waals surface area contributed by atoms with Crippen LogP contribution in [0.25, 0.3) is 12.2 Å². The Labute approximate surface area is 224 Å². The summed E-state index contributed by atoms with van der Waals surface area (Å²) in [5, 5.41) is 6.89. The number of piperidine rings is 1. The normalized spacial score (nSPS) is 16.6. The molecule has 202 valence electrons. The van der Waals surface area contributed by atoms with Crippen molar-refractivity contribution in [1.82, 2.24) is 9.46 Å². The zero-order valence-electron chi connectivity index (χ0n) is 22.8. The molecule has 0 spiro atoms. The van der Waals surface area contributed by atoms with Gasteiger partial charge in [0.1, 0.15) is 11.4 Å². The van der Waals surface area contributed by atoms with Gasteiger partial charge in [-0.1, -0.05) is 35.0 Å². The predicted molar refractivity (Wildman–Crippen MR) is 149 cm³/mol. The van der Waals surface area contributed by atoms with E-state index in [4.69, 9.17) is 9.26 Å². The maximum atomic E-state index is 13.8. The number of benzene rings is 2. The van der Waals surface area contributed by atoms with E-state index in [1.807, 2.05) is 45.9 Å². The summed E-state index contributed by atoms with van der Waals surface area (Å²) < 4.78 is 39.8. The first-order valence-corrected chi connectivity index (χ1v) is 14.1. The number of nitrogens with zero attached hydrogens (tertiary/aromatic N) is 2. The van der Waals surface area contributed by atoms with Gasteiger partial charge in [0, 0.05) is 13.1 Å². The molecule has 38 heavy (non-hydrogen) atoms. The van der Waals surface area contributed by atoms with E-state index in [1.54, 1.807) is 26.2 Å². The first-order chi connectivity index (χ1) is 18.0. The highest BCUT2D eigenvalue weighted by Gasteiger charge is 2.37. The molecule has 1 saturated heterocycles. The molecule has 0 radical (unpaired) electrons. The fourth-order valence-corrected chi connectivity index (χ4v) is 6.84. The second kappa shape index (κ2) is 11.1. The van der Waals surface area contributed by atoms with E-state index in [9.17, 15) is 13.2 Å². The van der Waals surface area contributed by atoms with Gasteiger partial charge >= 0.3 is 0 Å². The van der Waals surface area contributed by atoms with Gasteiger partial charge in [-0.3, -0.25) is 4.79 Å². The van der Waals surface area contributed by atoms with Gasteiger partial charge in [0.15, 0.2) is 10.7 Å². The van der Waals surface area contributed by atoms with Crippen LogP contribution in [0.5, 0.6) is 5.75 Å². The molecule has 1 aromatic heterocycles. The Kier molecular flexibility index (Phi) is 8.08. The van der Waals surface area contributed by atoms with E-state index in [1.165, 1.54) is 9.87 Å². The Bertz CT molecular complexity index is 1470. The molecule has 3 aromatic rings. The Morgan fingerprint density at radius 1 is 1.08 bits per heavy atom. The minimum Gasteiger partial charge on any atom is -0.495 e.